The van der Waals surface area contributed by atoms with E-state index < -0.39 is 31.0 Å². The third-order valence-electron chi connectivity index (χ3n) is 8.00. The van der Waals surface area contributed by atoms with Crippen molar-refractivity contribution in [3.05, 3.63) is 53.0 Å². The molecule has 4 atom stereocenters. The first-order valence-corrected chi connectivity index (χ1v) is 12.6. The molecule has 3 N–H and O–H groups in total. The molecule has 8 nitrogen and oxygen atoms in total. The first-order chi connectivity index (χ1) is 17.3. The Morgan fingerprint density at radius 2 is 1.81 bits per heavy atom. The fourth-order valence-corrected chi connectivity index (χ4v) is 6.35. The Morgan fingerprint density at radius 1 is 1.06 bits per heavy atom. The maximum absolute atomic E-state index is 13.5. The van der Waals surface area contributed by atoms with Gasteiger partial charge in [0, 0.05) is 18.4 Å². The molecule has 2 amide bonds. The van der Waals surface area contributed by atoms with E-state index in [4.69, 9.17) is 9.76 Å². The minimum absolute atomic E-state index is 0.0763. The summed E-state index contributed by atoms with van der Waals surface area (Å²) >= 11 is 0. The fourth-order valence-electron chi connectivity index (χ4n) is 6.35. The number of nitrogens with zero attached hydrogens (tertiary/aromatic N) is 1. The molecule has 0 unspecified atom stereocenters. The lowest BCUT2D eigenvalue weighted by Gasteiger charge is -2.41. The zero-order valence-corrected chi connectivity index (χ0v) is 20.2. The highest BCUT2D eigenvalue weighted by atomic mass is 16.5. The average Bonchev–Trinajstić information content (AvgIpc) is 3.08. The van der Waals surface area contributed by atoms with Crippen LogP contribution in [-0.4, -0.2) is 51.6 Å². The number of carboxylic acid groups (broad SMARTS) is 1. The van der Waals surface area contributed by atoms with Crippen LogP contribution in [0.1, 0.15) is 57.1 Å². The van der Waals surface area contributed by atoms with E-state index in [-0.39, 0.29) is 36.4 Å². The van der Waals surface area contributed by atoms with Crippen molar-refractivity contribution >= 4 is 35.7 Å². The molecule has 2 aromatic rings. The number of phenols is 1. The molecule has 0 bridgehead atoms. The number of amides is 2. The minimum Gasteiger partial charge on any atom is -0.507 e. The molecule has 2 heterocycles. The Bertz CT molecular complexity index is 1260. The second-order valence-corrected chi connectivity index (χ2v) is 10.1. The molecule has 1 aliphatic carbocycles. The monoisotopic (exact) mass is 491 g/mol. The highest BCUT2D eigenvalue weighted by Gasteiger charge is 2.57. The van der Waals surface area contributed by atoms with Gasteiger partial charge in [0.25, 0.3) is 0 Å². The van der Waals surface area contributed by atoms with Crippen LogP contribution in [0.5, 0.6) is 5.75 Å². The van der Waals surface area contributed by atoms with Crippen LogP contribution >= 0.6 is 0 Å². The lowest BCUT2D eigenvalue weighted by atomic mass is 9.55. The summed E-state index contributed by atoms with van der Waals surface area (Å²) in [6.45, 7) is 2.18. The third kappa shape index (κ3) is 4.20. The smallest absolute Gasteiger partial charge is 0.487 e. The van der Waals surface area contributed by atoms with E-state index in [1.807, 2.05) is 31.2 Å². The number of carboxylic acids is 1. The van der Waals surface area contributed by atoms with E-state index in [1.165, 1.54) is 4.90 Å². The Hall–Kier alpha value is -3.17. The number of phenolic OH excluding ortho intramolecular Hbond substituents is 1. The largest absolute Gasteiger partial charge is 0.507 e. The molecule has 2 aromatic carbocycles. The van der Waals surface area contributed by atoms with Gasteiger partial charge in [-0.25, -0.2) is 0 Å². The Balaban J connectivity index is 1.40. The number of carbonyl (C=O) groups is 3. The second-order valence-electron chi connectivity index (χ2n) is 10.1. The quantitative estimate of drug-likeness (QED) is 0.307. The van der Waals surface area contributed by atoms with Gasteiger partial charge < -0.3 is 19.9 Å². The predicted octanol–water partition coefficient (Wildman–Crippen LogP) is 3.61. The van der Waals surface area contributed by atoms with E-state index in [1.54, 1.807) is 12.1 Å². The van der Waals surface area contributed by atoms with Crippen molar-refractivity contribution in [1.82, 2.24) is 4.90 Å². The average molecular weight is 491 g/mol. The van der Waals surface area contributed by atoms with Crippen LogP contribution in [0.3, 0.4) is 0 Å². The number of imide groups is 1. The van der Waals surface area contributed by atoms with Crippen molar-refractivity contribution in [3.63, 3.8) is 0 Å². The highest BCUT2D eigenvalue weighted by Crippen LogP contribution is 2.52. The SMILES string of the molecule is CC1=C2B(O)O[C@H](c3ccc(O)c4ccccc34)C[C@H]2[C@H]2C(=O)N(CCCCCC(=O)O)C(=O)[C@H]2C1. The molecule has 36 heavy (non-hydrogen) atoms. The molecule has 9 heteroatoms. The van der Waals surface area contributed by atoms with Crippen LogP contribution in [0.4, 0.5) is 0 Å². The van der Waals surface area contributed by atoms with Crippen LogP contribution in [0, 0.1) is 17.8 Å². The van der Waals surface area contributed by atoms with Crippen LogP contribution < -0.4 is 0 Å². The molecular weight excluding hydrogens is 461 g/mol. The lowest BCUT2D eigenvalue weighted by Crippen LogP contribution is -2.44. The lowest BCUT2D eigenvalue weighted by molar-refractivity contribution is -0.141. The first kappa shape index (κ1) is 24.5. The number of likely N-dealkylation sites (tertiary alicyclic amines) is 1. The summed E-state index contributed by atoms with van der Waals surface area (Å²) in [5.74, 6) is -2.38. The second kappa shape index (κ2) is 9.71. The third-order valence-corrected chi connectivity index (χ3v) is 8.00. The standard InChI is InChI=1S/C27H30BNO7/c1-15-13-20-24(27(34)29(26(20)33)12-6-2-3-9-23(31)32)19-14-22(36-28(35)25(15)19)18-10-11-21(30)17-8-5-4-7-16(17)18/h4-5,7-8,10-11,19-20,22,24,30,35H,2-3,6,9,12-14H2,1H3,(H,31,32)/t19-,20-,22-,24+/m0/s1. The summed E-state index contributed by atoms with van der Waals surface area (Å²) in [5, 5.41) is 31.7. The van der Waals surface area contributed by atoms with E-state index >= 15 is 0 Å². The fraction of sp³-hybridized carbons (Fsp3) is 0.444. The van der Waals surface area contributed by atoms with E-state index in [0.29, 0.717) is 43.0 Å². The Morgan fingerprint density at radius 3 is 2.56 bits per heavy atom. The summed E-state index contributed by atoms with van der Waals surface area (Å²) in [4.78, 5) is 38.9. The van der Waals surface area contributed by atoms with Gasteiger partial charge >= 0.3 is 13.1 Å². The number of carbonyl (C=O) groups excluding carboxylic acids is 2. The number of aliphatic carboxylic acids is 1. The summed E-state index contributed by atoms with van der Waals surface area (Å²) in [7, 11) is -1.17. The van der Waals surface area contributed by atoms with Crippen LogP contribution in [0.2, 0.25) is 0 Å². The maximum atomic E-state index is 13.5. The summed E-state index contributed by atoms with van der Waals surface area (Å²) in [6, 6.07) is 10.9. The number of rotatable bonds is 7. The van der Waals surface area contributed by atoms with Crippen LogP contribution in [-0.2, 0) is 19.0 Å². The number of allylic oxidation sites excluding steroid dienone is 2. The molecular formula is C27H30BNO7. The Kier molecular flexibility index (Phi) is 6.61. The number of hydrogen-bond acceptors (Lipinski definition) is 6. The van der Waals surface area contributed by atoms with Crippen molar-refractivity contribution in [2.75, 3.05) is 6.54 Å². The number of unbranched alkanes of at least 4 members (excludes halogenated alkanes) is 2. The molecule has 3 aliphatic rings. The minimum atomic E-state index is -1.17. The molecule has 2 saturated heterocycles. The molecule has 0 radical (unpaired) electrons. The van der Waals surface area contributed by atoms with Gasteiger partial charge in [0.05, 0.1) is 17.9 Å². The molecule has 2 aliphatic heterocycles. The van der Waals surface area contributed by atoms with Gasteiger partial charge in [0.2, 0.25) is 11.8 Å². The molecule has 2 fully saturated rings. The van der Waals surface area contributed by atoms with Gasteiger partial charge in [-0.3, -0.25) is 19.3 Å². The van der Waals surface area contributed by atoms with E-state index in [9.17, 15) is 24.5 Å². The highest BCUT2D eigenvalue weighted by molar-refractivity contribution is 6.53. The molecule has 0 aromatic heterocycles. The molecule has 0 spiro atoms. The summed E-state index contributed by atoms with van der Waals surface area (Å²) in [6.07, 6.45) is 2.16. The normalized spacial score (nSPS) is 25.9. The number of fused-ring (bicyclic) bond motifs is 4. The summed E-state index contributed by atoms with van der Waals surface area (Å²) in [5.41, 5.74) is 2.43. The van der Waals surface area contributed by atoms with E-state index in [2.05, 4.69) is 0 Å². The van der Waals surface area contributed by atoms with Crippen molar-refractivity contribution in [3.8, 4) is 5.75 Å². The van der Waals surface area contributed by atoms with E-state index in [0.717, 1.165) is 16.5 Å². The van der Waals surface area contributed by atoms with Gasteiger partial charge in [-0.05, 0) is 61.0 Å². The first-order valence-electron chi connectivity index (χ1n) is 12.6. The number of benzene rings is 2. The predicted molar refractivity (Wildman–Crippen MR) is 133 cm³/mol. The zero-order chi connectivity index (χ0) is 25.6. The topological polar surface area (TPSA) is 124 Å². The van der Waals surface area contributed by atoms with Gasteiger partial charge in [0.15, 0.2) is 0 Å². The van der Waals surface area contributed by atoms with Gasteiger partial charge in [0.1, 0.15) is 5.75 Å². The molecule has 188 valence electrons. The van der Waals surface area contributed by atoms with Crippen molar-refractivity contribution in [2.24, 2.45) is 17.8 Å². The Labute approximate surface area is 209 Å². The van der Waals surface area contributed by atoms with Crippen LogP contribution in [0.25, 0.3) is 10.8 Å². The van der Waals surface area contributed by atoms with Crippen LogP contribution in [0.15, 0.2) is 47.4 Å². The van der Waals surface area contributed by atoms with Gasteiger partial charge in [-0.15, -0.1) is 0 Å². The number of aromatic hydroxyl groups is 1. The van der Waals surface area contributed by atoms with Crippen molar-refractivity contribution < 1.29 is 34.3 Å². The van der Waals surface area contributed by atoms with Crippen molar-refractivity contribution in [1.29, 1.82) is 0 Å². The molecule has 0 saturated carbocycles. The summed E-state index contributed by atoms with van der Waals surface area (Å²) < 4.78 is 6.07. The maximum Gasteiger partial charge on any atom is 0.487 e. The van der Waals surface area contributed by atoms with Gasteiger partial charge in [-0.1, -0.05) is 42.3 Å². The number of hydrogen-bond donors (Lipinski definition) is 3. The van der Waals surface area contributed by atoms with Gasteiger partial charge in [-0.2, -0.15) is 0 Å². The molecule has 5 rings (SSSR count). The zero-order valence-electron chi connectivity index (χ0n) is 20.2. The van der Waals surface area contributed by atoms with Crippen molar-refractivity contribution in [2.45, 2.75) is 51.6 Å².